The number of carboxylic acid groups (broad SMARTS) is 1. The smallest absolute Gasteiger partial charge is 0.550 e. The van der Waals surface area contributed by atoms with Gasteiger partial charge < -0.3 is 9.90 Å². The number of hydrogen-bond acceptors (Lipinski definition) is 4. The van der Waals surface area contributed by atoms with E-state index in [9.17, 15) is 19.5 Å². The minimum atomic E-state index is -1.17. The largest absolute Gasteiger partial charge is 1.00 e. The third-order valence-electron chi connectivity index (χ3n) is 1.66. The fourth-order valence-electron chi connectivity index (χ4n) is 1.03. The maximum Gasteiger partial charge on any atom is 1.00 e. The van der Waals surface area contributed by atoms with Gasteiger partial charge in [0.15, 0.2) is 0 Å². The van der Waals surface area contributed by atoms with Gasteiger partial charge in [-0.15, -0.1) is 0 Å². The minimum absolute atomic E-state index is 0. The summed E-state index contributed by atoms with van der Waals surface area (Å²) in [6.07, 6.45) is 2.43. The van der Waals surface area contributed by atoms with E-state index in [0.717, 1.165) is 4.90 Å². The molecule has 0 saturated heterocycles. The van der Waals surface area contributed by atoms with Crippen LogP contribution in [0.3, 0.4) is 0 Å². The van der Waals surface area contributed by atoms with Crippen LogP contribution in [-0.2, 0) is 14.4 Å². The molecule has 14 heavy (non-hydrogen) atoms. The molecule has 0 aromatic carbocycles. The predicted molar refractivity (Wildman–Crippen MR) is 40.1 cm³/mol. The molecule has 0 saturated carbocycles. The van der Waals surface area contributed by atoms with Gasteiger partial charge in [0.1, 0.15) is 0 Å². The van der Waals surface area contributed by atoms with Crippen molar-refractivity contribution in [3.63, 3.8) is 0 Å². The van der Waals surface area contributed by atoms with E-state index in [2.05, 4.69) is 0 Å². The molecule has 0 aromatic heterocycles. The number of nitrogens with zero attached hydrogens (tertiary/aromatic N) is 1. The zero-order valence-corrected chi connectivity index (χ0v) is 9.86. The zero-order chi connectivity index (χ0) is 9.84. The van der Waals surface area contributed by atoms with Gasteiger partial charge in [0, 0.05) is 24.7 Å². The van der Waals surface area contributed by atoms with Crippen LogP contribution in [0.1, 0.15) is 12.8 Å². The summed E-state index contributed by atoms with van der Waals surface area (Å²) in [6.45, 7) is 0.138. The van der Waals surface area contributed by atoms with Gasteiger partial charge in [0.25, 0.3) is 11.8 Å². The van der Waals surface area contributed by atoms with E-state index >= 15 is 0 Å². The molecule has 1 rings (SSSR count). The molecule has 6 heteroatoms. The monoisotopic (exact) mass is 205 g/mol. The van der Waals surface area contributed by atoms with Crippen molar-refractivity contribution in [1.82, 2.24) is 4.90 Å². The van der Waals surface area contributed by atoms with E-state index < -0.39 is 5.97 Å². The molecule has 0 bridgehead atoms. The second-order valence-electron chi connectivity index (χ2n) is 2.64. The summed E-state index contributed by atoms with van der Waals surface area (Å²) in [7, 11) is 0. The van der Waals surface area contributed by atoms with Crippen molar-refractivity contribution < 1.29 is 49.0 Å². The van der Waals surface area contributed by atoms with Gasteiger partial charge in [0.2, 0.25) is 0 Å². The fraction of sp³-hybridized carbons (Fsp3) is 0.375. The van der Waals surface area contributed by atoms with Gasteiger partial charge in [-0.25, -0.2) is 0 Å². The van der Waals surface area contributed by atoms with Crippen molar-refractivity contribution in [2.24, 2.45) is 0 Å². The topological polar surface area (TPSA) is 77.5 Å². The number of carbonyl (C=O) groups is 3. The van der Waals surface area contributed by atoms with E-state index in [4.69, 9.17) is 0 Å². The van der Waals surface area contributed by atoms with E-state index in [1.807, 2.05) is 0 Å². The molecule has 5 nitrogen and oxygen atoms in total. The molecule has 0 N–H and O–H groups in total. The van der Waals surface area contributed by atoms with Crippen LogP contribution in [0.4, 0.5) is 0 Å². The Morgan fingerprint density at radius 3 is 2.21 bits per heavy atom. The zero-order valence-electron chi connectivity index (χ0n) is 7.86. The molecule has 0 unspecified atom stereocenters. The number of carboxylic acids is 1. The Balaban J connectivity index is 0.00000169. The molecular weight excluding hydrogens is 197 g/mol. The number of amides is 2. The summed E-state index contributed by atoms with van der Waals surface area (Å²) in [4.78, 5) is 32.9. The summed E-state index contributed by atoms with van der Waals surface area (Å²) in [5.41, 5.74) is 0. The molecule has 70 valence electrons. The molecule has 1 heterocycles. The van der Waals surface area contributed by atoms with E-state index in [1.165, 1.54) is 12.2 Å². The Labute approximate surface area is 103 Å². The Bertz CT molecular complexity index is 269. The third-order valence-corrected chi connectivity index (χ3v) is 1.66. The Morgan fingerprint density at radius 1 is 1.29 bits per heavy atom. The molecule has 0 spiro atoms. The maximum atomic E-state index is 10.9. The summed E-state index contributed by atoms with van der Waals surface area (Å²) >= 11 is 0. The van der Waals surface area contributed by atoms with Crippen molar-refractivity contribution in [2.75, 3.05) is 6.54 Å². The normalized spacial score (nSPS) is 14.4. The van der Waals surface area contributed by atoms with Crippen molar-refractivity contribution in [2.45, 2.75) is 12.8 Å². The van der Waals surface area contributed by atoms with Gasteiger partial charge in [-0.1, -0.05) is 0 Å². The van der Waals surface area contributed by atoms with Gasteiger partial charge in [-0.05, 0) is 12.8 Å². The average Bonchev–Trinajstić information content (AvgIpc) is 2.34. The quantitative estimate of drug-likeness (QED) is 0.342. The Kier molecular flexibility index (Phi) is 5.68. The number of rotatable bonds is 4. The first-order chi connectivity index (χ1) is 6.11. The standard InChI is InChI=1S/C8H9NO4.Na/c10-6-3-4-7(11)9(6)5-1-2-8(12)13;/h3-4H,1-2,5H2,(H,12,13);/q;+1/p-1. The Hall–Kier alpha value is -0.650. The van der Waals surface area contributed by atoms with Gasteiger partial charge in [-0.3, -0.25) is 14.5 Å². The third kappa shape index (κ3) is 3.61. The molecule has 0 aliphatic carbocycles. The number of hydrogen-bond donors (Lipinski definition) is 0. The molecule has 1 aliphatic rings. The summed E-state index contributed by atoms with van der Waals surface area (Å²) in [6, 6.07) is 0. The second-order valence-corrected chi connectivity index (χ2v) is 2.64. The van der Waals surface area contributed by atoms with Crippen LogP contribution >= 0.6 is 0 Å². The van der Waals surface area contributed by atoms with Gasteiger partial charge in [0.05, 0.1) is 0 Å². The van der Waals surface area contributed by atoms with E-state index in [0.29, 0.717) is 0 Å². The van der Waals surface area contributed by atoms with E-state index in [1.54, 1.807) is 0 Å². The van der Waals surface area contributed by atoms with Crippen LogP contribution in [-0.4, -0.2) is 29.2 Å². The minimum Gasteiger partial charge on any atom is -0.550 e. The SMILES string of the molecule is O=C([O-])CCCN1C(=O)C=CC1=O.[Na+]. The van der Waals surface area contributed by atoms with Crippen LogP contribution in [0, 0.1) is 0 Å². The Morgan fingerprint density at radius 2 is 1.79 bits per heavy atom. The van der Waals surface area contributed by atoms with Crippen LogP contribution in [0.2, 0.25) is 0 Å². The summed E-state index contributed by atoms with van der Waals surface area (Å²) in [5.74, 6) is -1.95. The molecule has 2 amide bonds. The second kappa shape index (κ2) is 5.95. The predicted octanol–water partition coefficient (Wildman–Crippen LogP) is -4.55. The average molecular weight is 205 g/mol. The molecular formula is C8H8NNaO4. The van der Waals surface area contributed by atoms with Crippen LogP contribution < -0.4 is 34.7 Å². The molecule has 1 aliphatic heterocycles. The van der Waals surface area contributed by atoms with Crippen molar-refractivity contribution in [1.29, 1.82) is 0 Å². The molecule has 0 radical (unpaired) electrons. The van der Waals surface area contributed by atoms with Crippen LogP contribution in [0.5, 0.6) is 0 Å². The van der Waals surface area contributed by atoms with Crippen molar-refractivity contribution in [3.05, 3.63) is 12.2 Å². The van der Waals surface area contributed by atoms with Crippen molar-refractivity contribution >= 4 is 17.8 Å². The number of aliphatic carboxylic acids is 1. The number of carbonyl (C=O) groups excluding carboxylic acids is 3. The van der Waals surface area contributed by atoms with Crippen molar-refractivity contribution in [3.8, 4) is 0 Å². The first-order valence-corrected chi connectivity index (χ1v) is 3.84. The number of imide groups is 1. The summed E-state index contributed by atoms with van der Waals surface area (Å²) < 4.78 is 0. The molecule has 0 atom stereocenters. The molecule has 0 aromatic rings. The first kappa shape index (κ1) is 13.4. The summed E-state index contributed by atoms with van der Waals surface area (Å²) in [5, 5.41) is 10.0. The van der Waals surface area contributed by atoms with Crippen LogP contribution in [0.15, 0.2) is 12.2 Å². The van der Waals surface area contributed by atoms with Gasteiger partial charge in [-0.2, -0.15) is 0 Å². The maximum absolute atomic E-state index is 10.9. The van der Waals surface area contributed by atoms with E-state index in [-0.39, 0.29) is 60.8 Å². The molecule has 0 fully saturated rings. The van der Waals surface area contributed by atoms with Gasteiger partial charge >= 0.3 is 29.6 Å². The fourth-order valence-corrected chi connectivity index (χ4v) is 1.03. The first-order valence-electron chi connectivity index (χ1n) is 3.84. The van der Waals surface area contributed by atoms with Crippen LogP contribution in [0.25, 0.3) is 0 Å².